The molecule has 1 aliphatic heterocycles. The van der Waals surface area contributed by atoms with Crippen LogP contribution < -0.4 is 0 Å². The van der Waals surface area contributed by atoms with E-state index in [4.69, 9.17) is 0 Å². The minimum Gasteiger partial charge on any atom is -0.344 e. The van der Waals surface area contributed by atoms with Crippen LogP contribution in [0.5, 0.6) is 0 Å². The van der Waals surface area contributed by atoms with Crippen LogP contribution in [0.4, 0.5) is 0 Å². The third-order valence-corrected chi connectivity index (χ3v) is 3.25. The molecule has 1 aliphatic carbocycles. The van der Waals surface area contributed by atoms with Crippen LogP contribution in [0.25, 0.3) is 0 Å². The molecule has 2 fully saturated rings. The van der Waals surface area contributed by atoms with E-state index in [1.54, 1.807) is 0 Å². The lowest BCUT2D eigenvalue weighted by atomic mass is 9.57. The van der Waals surface area contributed by atoms with Crippen LogP contribution in [0.15, 0.2) is 0 Å². The Balaban J connectivity index is 1.79. The van der Waals surface area contributed by atoms with Crippen LogP contribution in [-0.2, 0) is 4.79 Å². The van der Waals surface area contributed by atoms with Gasteiger partial charge in [-0.25, -0.2) is 0 Å². The van der Waals surface area contributed by atoms with Gasteiger partial charge in [0.05, 0.1) is 0 Å². The van der Waals surface area contributed by atoms with Crippen molar-refractivity contribution in [1.82, 2.24) is 4.90 Å². The summed E-state index contributed by atoms with van der Waals surface area (Å²) in [6, 6.07) is 0. The normalized spacial score (nSPS) is 27.9. The molecule has 0 radical (unpaired) electrons. The molecule has 1 saturated carbocycles. The molecule has 1 spiro atoms. The Morgan fingerprint density at radius 2 is 2.18 bits per heavy atom. The first-order valence-corrected chi connectivity index (χ1v) is 4.47. The van der Waals surface area contributed by atoms with E-state index in [0.717, 1.165) is 25.4 Å². The smallest absolute Gasteiger partial charge is 0.209 e. The van der Waals surface area contributed by atoms with Gasteiger partial charge in [-0.2, -0.15) is 0 Å². The molecule has 0 unspecified atom stereocenters. The molecular formula is C9H15NO. The Morgan fingerprint density at radius 1 is 1.55 bits per heavy atom. The highest BCUT2D eigenvalue weighted by Crippen LogP contribution is 2.52. The number of hydrogen-bond donors (Lipinski definition) is 0. The van der Waals surface area contributed by atoms with Crippen LogP contribution in [0.1, 0.15) is 26.2 Å². The maximum absolute atomic E-state index is 10.3. The Hall–Kier alpha value is -0.530. The molecule has 2 aliphatic rings. The van der Waals surface area contributed by atoms with Gasteiger partial charge in [0, 0.05) is 18.5 Å². The molecule has 0 bridgehead atoms. The van der Waals surface area contributed by atoms with Gasteiger partial charge in [0.15, 0.2) is 0 Å². The lowest BCUT2D eigenvalue weighted by molar-refractivity contribution is -0.141. The second-order valence-electron chi connectivity index (χ2n) is 4.19. The summed E-state index contributed by atoms with van der Waals surface area (Å²) in [4.78, 5) is 12.2. The lowest BCUT2D eigenvalue weighted by Gasteiger charge is -2.58. The first-order chi connectivity index (χ1) is 5.28. The van der Waals surface area contributed by atoms with Crippen molar-refractivity contribution in [3.05, 3.63) is 0 Å². The van der Waals surface area contributed by atoms with Crippen molar-refractivity contribution in [2.24, 2.45) is 11.3 Å². The predicted octanol–water partition coefficient (Wildman–Crippen LogP) is 1.26. The molecule has 0 N–H and O–H groups in total. The third kappa shape index (κ3) is 0.959. The SMILES string of the molecule is CCC1CC2(C1)CN(C=O)C2. The summed E-state index contributed by atoms with van der Waals surface area (Å²) >= 11 is 0. The molecule has 11 heavy (non-hydrogen) atoms. The molecule has 1 heterocycles. The van der Waals surface area contributed by atoms with E-state index < -0.39 is 0 Å². The lowest BCUT2D eigenvalue weighted by Crippen LogP contribution is -2.61. The molecule has 62 valence electrons. The van der Waals surface area contributed by atoms with E-state index >= 15 is 0 Å². The zero-order chi connectivity index (χ0) is 7.90. The van der Waals surface area contributed by atoms with Gasteiger partial charge >= 0.3 is 0 Å². The molecule has 1 amide bonds. The first kappa shape index (κ1) is 7.14. The monoisotopic (exact) mass is 153 g/mol. The highest BCUT2D eigenvalue weighted by Gasteiger charge is 2.51. The molecule has 0 aromatic heterocycles. The van der Waals surface area contributed by atoms with Crippen molar-refractivity contribution in [2.45, 2.75) is 26.2 Å². The highest BCUT2D eigenvalue weighted by atomic mass is 16.1. The predicted molar refractivity (Wildman–Crippen MR) is 43.1 cm³/mol. The van der Waals surface area contributed by atoms with Gasteiger partial charge in [0.2, 0.25) is 6.41 Å². The van der Waals surface area contributed by atoms with Crippen molar-refractivity contribution < 1.29 is 4.79 Å². The van der Waals surface area contributed by atoms with Crippen molar-refractivity contribution >= 4 is 6.41 Å². The molecule has 0 aromatic rings. The summed E-state index contributed by atoms with van der Waals surface area (Å²) in [6.45, 7) is 4.33. The largest absolute Gasteiger partial charge is 0.344 e. The van der Waals surface area contributed by atoms with E-state index in [9.17, 15) is 4.79 Å². The van der Waals surface area contributed by atoms with Crippen molar-refractivity contribution in [2.75, 3.05) is 13.1 Å². The van der Waals surface area contributed by atoms with Crippen molar-refractivity contribution in [3.8, 4) is 0 Å². The number of amides is 1. The van der Waals surface area contributed by atoms with E-state index in [2.05, 4.69) is 6.92 Å². The summed E-state index contributed by atoms with van der Waals surface area (Å²) < 4.78 is 0. The number of carbonyl (C=O) groups is 1. The second-order valence-corrected chi connectivity index (χ2v) is 4.19. The average Bonchev–Trinajstić information content (AvgIpc) is 1.83. The fourth-order valence-electron chi connectivity index (χ4n) is 2.60. The molecule has 2 heteroatoms. The van der Waals surface area contributed by atoms with Gasteiger partial charge in [-0.15, -0.1) is 0 Å². The molecule has 2 nitrogen and oxygen atoms in total. The molecule has 0 aromatic carbocycles. The zero-order valence-electron chi connectivity index (χ0n) is 7.05. The van der Waals surface area contributed by atoms with Gasteiger partial charge in [0.25, 0.3) is 0 Å². The van der Waals surface area contributed by atoms with Crippen LogP contribution in [0.3, 0.4) is 0 Å². The van der Waals surface area contributed by atoms with Gasteiger partial charge in [-0.05, 0) is 18.8 Å². The number of likely N-dealkylation sites (tertiary alicyclic amines) is 1. The fraction of sp³-hybridized carbons (Fsp3) is 0.889. The number of carbonyl (C=O) groups excluding carboxylic acids is 1. The average molecular weight is 153 g/mol. The molecular weight excluding hydrogens is 138 g/mol. The maximum Gasteiger partial charge on any atom is 0.209 e. The van der Waals surface area contributed by atoms with E-state index in [0.29, 0.717) is 5.41 Å². The fourth-order valence-corrected chi connectivity index (χ4v) is 2.60. The van der Waals surface area contributed by atoms with Crippen LogP contribution in [0.2, 0.25) is 0 Å². The van der Waals surface area contributed by atoms with Crippen molar-refractivity contribution in [1.29, 1.82) is 0 Å². The first-order valence-electron chi connectivity index (χ1n) is 4.47. The quantitative estimate of drug-likeness (QED) is 0.547. The Morgan fingerprint density at radius 3 is 2.64 bits per heavy atom. The minimum atomic E-state index is 0.585. The van der Waals surface area contributed by atoms with Crippen LogP contribution in [0, 0.1) is 11.3 Å². The van der Waals surface area contributed by atoms with Gasteiger partial charge in [0.1, 0.15) is 0 Å². The van der Waals surface area contributed by atoms with Crippen molar-refractivity contribution in [3.63, 3.8) is 0 Å². The van der Waals surface area contributed by atoms with Gasteiger partial charge < -0.3 is 4.90 Å². The van der Waals surface area contributed by atoms with E-state index in [-0.39, 0.29) is 0 Å². The number of nitrogens with zero attached hydrogens (tertiary/aromatic N) is 1. The zero-order valence-corrected chi connectivity index (χ0v) is 7.05. The molecule has 1 saturated heterocycles. The van der Waals surface area contributed by atoms with E-state index in [1.165, 1.54) is 19.3 Å². The Kier molecular flexibility index (Phi) is 1.44. The van der Waals surface area contributed by atoms with Crippen LogP contribution in [-0.4, -0.2) is 24.4 Å². The van der Waals surface area contributed by atoms with Gasteiger partial charge in [-0.1, -0.05) is 13.3 Å². The van der Waals surface area contributed by atoms with Crippen LogP contribution >= 0.6 is 0 Å². The second kappa shape index (κ2) is 2.23. The summed E-state index contributed by atoms with van der Waals surface area (Å²) in [5, 5.41) is 0. The topological polar surface area (TPSA) is 20.3 Å². The standard InChI is InChI=1S/C9H15NO/c1-2-8-3-9(4-8)5-10(6-9)7-11/h7-8H,2-6H2,1H3. The number of rotatable bonds is 2. The third-order valence-electron chi connectivity index (χ3n) is 3.25. The summed E-state index contributed by atoms with van der Waals surface area (Å²) in [6.07, 6.45) is 5.04. The summed E-state index contributed by atoms with van der Waals surface area (Å²) in [7, 11) is 0. The molecule has 0 atom stereocenters. The Bertz CT molecular complexity index is 164. The minimum absolute atomic E-state index is 0.585. The molecule has 2 rings (SSSR count). The van der Waals surface area contributed by atoms with Gasteiger partial charge in [-0.3, -0.25) is 4.79 Å². The summed E-state index contributed by atoms with van der Waals surface area (Å²) in [5.74, 6) is 0.962. The van der Waals surface area contributed by atoms with E-state index in [1.807, 2.05) is 4.90 Å². The number of hydrogen-bond acceptors (Lipinski definition) is 1. The highest BCUT2D eigenvalue weighted by molar-refractivity contribution is 5.49. The maximum atomic E-state index is 10.3. The Labute approximate surface area is 67.6 Å². The summed E-state index contributed by atoms with van der Waals surface area (Å²) in [5.41, 5.74) is 0.585.